The Balaban J connectivity index is 1.45. The second kappa shape index (κ2) is 7.03. The molecule has 1 amide bonds. The van der Waals surface area contributed by atoms with Crippen LogP contribution < -0.4 is 5.32 Å². The van der Waals surface area contributed by atoms with E-state index < -0.39 is 0 Å². The highest BCUT2D eigenvalue weighted by Gasteiger charge is 2.15. The van der Waals surface area contributed by atoms with Crippen LogP contribution in [0.3, 0.4) is 0 Å². The lowest BCUT2D eigenvalue weighted by Gasteiger charge is -2.13. The van der Waals surface area contributed by atoms with Gasteiger partial charge in [0.1, 0.15) is 5.65 Å². The van der Waals surface area contributed by atoms with Gasteiger partial charge in [-0.15, -0.1) is 0 Å². The van der Waals surface area contributed by atoms with E-state index in [-0.39, 0.29) is 18.4 Å². The molecular weight excluding hydrogens is 342 g/mol. The van der Waals surface area contributed by atoms with Crippen molar-refractivity contribution in [2.75, 3.05) is 0 Å². The first-order valence-corrected chi connectivity index (χ1v) is 8.71. The number of imidazole rings is 1. The van der Waals surface area contributed by atoms with Crippen LogP contribution in [0.5, 0.6) is 0 Å². The second-order valence-corrected chi connectivity index (χ2v) is 6.44. The summed E-state index contributed by atoms with van der Waals surface area (Å²) < 4.78 is 7.28. The standard InChI is InChI=1S/C20H19N5O2/c1-13-11-21-18-9-8-16(12-25(13)18)20-23-17(24-27-20)10-19(26)22-14(2)15-6-4-3-5-7-15/h3-9,11-12,14H,10H2,1-2H3,(H,22,26). The van der Waals surface area contributed by atoms with Crippen LogP contribution in [0.2, 0.25) is 0 Å². The number of nitrogens with zero attached hydrogens (tertiary/aromatic N) is 4. The number of hydrogen-bond acceptors (Lipinski definition) is 5. The Kier molecular flexibility index (Phi) is 4.42. The van der Waals surface area contributed by atoms with Gasteiger partial charge in [-0.1, -0.05) is 35.5 Å². The summed E-state index contributed by atoms with van der Waals surface area (Å²) in [5.74, 6) is 0.578. The molecule has 0 bridgehead atoms. The lowest BCUT2D eigenvalue weighted by atomic mass is 10.1. The molecule has 1 aromatic carbocycles. The Morgan fingerprint density at radius 1 is 1.22 bits per heavy atom. The van der Waals surface area contributed by atoms with Gasteiger partial charge >= 0.3 is 0 Å². The number of nitrogens with one attached hydrogen (secondary N) is 1. The number of amides is 1. The van der Waals surface area contributed by atoms with Gasteiger partial charge in [0, 0.05) is 18.1 Å². The number of pyridine rings is 1. The average molecular weight is 361 g/mol. The van der Waals surface area contributed by atoms with E-state index in [4.69, 9.17) is 4.52 Å². The van der Waals surface area contributed by atoms with Crippen LogP contribution in [-0.2, 0) is 11.2 Å². The summed E-state index contributed by atoms with van der Waals surface area (Å²) in [6, 6.07) is 13.5. The third kappa shape index (κ3) is 3.57. The summed E-state index contributed by atoms with van der Waals surface area (Å²) in [4.78, 5) is 20.9. The third-order valence-electron chi connectivity index (χ3n) is 4.40. The van der Waals surface area contributed by atoms with Gasteiger partial charge in [0.2, 0.25) is 5.91 Å². The second-order valence-electron chi connectivity index (χ2n) is 6.44. The monoisotopic (exact) mass is 361 g/mol. The smallest absolute Gasteiger partial charge is 0.259 e. The molecule has 3 heterocycles. The van der Waals surface area contributed by atoms with Gasteiger partial charge in [0.15, 0.2) is 5.82 Å². The molecule has 136 valence electrons. The highest BCUT2D eigenvalue weighted by molar-refractivity contribution is 5.78. The maximum Gasteiger partial charge on any atom is 0.259 e. The zero-order chi connectivity index (χ0) is 18.8. The molecule has 0 aliphatic rings. The molecular formula is C20H19N5O2. The number of carbonyl (C=O) groups excluding carboxylic acids is 1. The van der Waals surface area contributed by atoms with Crippen molar-refractivity contribution in [1.82, 2.24) is 24.8 Å². The van der Waals surface area contributed by atoms with Gasteiger partial charge in [0.05, 0.1) is 18.0 Å². The Labute approximate surface area is 156 Å². The van der Waals surface area contributed by atoms with Crippen molar-refractivity contribution < 1.29 is 9.32 Å². The van der Waals surface area contributed by atoms with Crippen LogP contribution >= 0.6 is 0 Å². The van der Waals surface area contributed by atoms with Crippen molar-refractivity contribution in [2.45, 2.75) is 26.3 Å². The van der Waals surface area contributed by atoms with Crippen molar-refractivity contribution in [3.63, 3.8) is 0 Å². The van der Waals surface area contributed by atoms with Crippen LogP contribution in [0.15, 0.2) is 59.4 Å². The fraction of sp³-hybridized carbons (Fsp3) is 0.200. The summed E-state index contributed by atoms with van der Waals surface area (Å²) in [6.45, 7) is 3.92. The van der Waals surface area contributed by atoms with Crippen LogP contribution in [0, 0.1) is 6.92 Å². The summed E-state index contributed by atoms with van der Waals surface area (Å²) in [5, 5.41) is 6.88. The van der Waals surface area contributed by atoms with Crippen LogP contribution in [0.1, 0.15) is 30.0 Å². The number of hydrogen-bond donors (Lipinski definition) is 1. The number of fused-ring (bicyclic) bond motifs is 1. The Hall–Kier alpha value is -3.48. The molecule has 0 fully saturated rings. The number of aryl methyl sites for hydroxylation is 1. The number of carbonyl (C=O) groups is 1. The first-order chi connectivity index (χ1) is 13.1. The van der Waals surface area contributed by atoms with E-state index in [0.717, 1.165) is 22.5 Å². The fourth-order valence-electron chi connectivity index (χ4n) is 2.93. The number of aromatic nitrogens is 4. The highest BCUT2D eigenvalue weighted by Crippen LogP contribution is 2.19. The summed E-state index contributed by atoms with van der Waals surface area (Å²) in [7, 11) is 0. The molecule has 3 aromatic heterocycles. The van der Waals surface area contributed by atoms with Gasteiger partial charge in [-0.25, -0.2) is 4.98 Å². The maximum absolute atomic E-state index is 12.3. The molecule has 0 radical (unpaired) electrons. The fourth-order valence-corrected chi connectivity index (χ4v) is 2.93. The minimum absolute atomic E-state index is 0.0625. The van der Waals surface area contributed by atoms with Crippen LogP contribution in [0.25, 0.3) is 17.1 Å². The van der Waals surface area contributed by atoms with Gasteiger partial charge in [0.25, 0.3) is 5.89 Å². The van der Waals surface area contributed by atoms with E-state index >= 15 is 0 Å². The maximum atomic E-state index is 12.3. The van der Waals surface area contributed by atoms with Gasteiger partial charge in [-0.05, 0) is 31.5 Å². The summed E-state index contributed by atoms with van der Waals surface area (Å²) in [6.07, 6.45) is 3.76. The molecule has 27 heavy (non-hydrogen) atoms. The number of rotatable bonds is 5. The molecule has 7 heteroatoms. The quantitative estimate of drug-likeness (QED) is 0.590. The number of benzene rings is 1. The van der Waals surface area contributed by atoms with Crippen molar-refractivity contribution >= 4 is 11.6 Å². The zero-order valence-corrected chi connectivity index (χ0v) is 15.1. The van der Waals surface area contributed by atoms with E-state index in [9.17, 15) is 4.79 Å². The normalized spacial score (nSPS) is 12.2. The molecule has 4 aromatic rings. The van der Waals surface area contributed by atoms with Crippen molar-refractivity contribution in [3.05, 3.63) is 71.9 Å². The van der Waals surface area contributed by atoms with E-state index in [1.54, 1.807) is 6.20 Å². The summed E-state index contributed by atoms with van der Waals surface area (Å²) in [5.41, 5.74) is 3.69. The molecule has 0 spiro atoms. The first kappa shape index (κ1) is 17.0. The van der Waals surface area contributed by atoms with E-state index in [1.165, 1.54) is 0 Å². The van der Waals surface area contributed by atoms with Gasteiger partial charge in [-0.2, -0.15) is 4.98 Å². The van der Waals surface area contributed by atoms with Crippen LogP contribution in [-0.4, -0.2) is 25.4 Å². The van der Waals surface area contributed by atoms with Crippen molar-refractivity contribution in [1.29, 1.82) is 0 Å². The SMILES string of the molecule is Cc1cnc2ccc(-c3nc(CC(=O)NC(C)c4ccccc4)no3)cn12. The molecule has 0 aliphatic carbocycles. The van der Waals surface area contributed by atoms with Crippen LogP contribution in [0.4, 0.5) is 0 Å². The predicted molar refractivity (Wildman–Crippen MR) is 99.9 cm³/mol. The Morgan fingerprint density at radius 3 is 2.85 bits per heavy atom. The molecule has 1 unspecified atom stereocenters. The highest BCUT2D eigenvalue weighted by atomic mass is 16.5. The van der Waals surface area contributed by atoms with Crippen molar-refractivity contribution in [3.8, 4) is 11.5 Å². The summed E-state index contributed by atoms with van der Waals surface area (Å²) >= 11 is 0. The van der Waals surface area contributed by atoms with E-state index in [1.807, 2.05) is 66.9 Å². The Bertz CT molecular complexity index is 1080. The molecule has 1 atom stereocenters. The van der Waals surface area contributed by atoms with Gasteiger partial charge < -0.3 is 14.2 Å². The Morgan fingerprint density at radius 2 is 2.04 bits per heavy atom. The molecule has 0 saturated carbocycles. The minimum Gasteiger partial charge on any atom is -0.349 e. The first-order valence-electron chi connectivity index (χ1n) is 8.71. The molecule has 7 nitrogen and oxygen atoms in total. The van der Waals surface area contributed by atoms with E-state index in [2.05, 4.69) is 20.4 Å². The zero-order valence-electron chi connectivity index (χ0n) is 15.1. The topological polar surface area (TPSA) is 85.3 Å². The lowest BCUT2D eigenvalue weighted by molar-refractivity contribution is -0.121. The predicted octanol–water partition coefficient (Wildman–Crippen LogP) is 3.11. The average Bonchev–Trinajstić information content (AvgIpc) is 3.29. The molecule has 4 rings (SSSR count). The molecule has 0 aliphatic heterocycles. The minimum atomic E-state index is -0.153. The van der Waals surface area contributed by atoms with Crippen molar-refractivity contribution in [2.24, 2.45) is 0 Å². The largest absolute Gasteiger partial charge is 0.349 e. The lowest BCUT2D eigenvalue weighted by Crippen LogP contribution is -2.28. The van der Waals surface area contributed by atoms with Gasteiger partial charge in [-0.3, -0.25) is 4.79 Å². The molecule has 0 saturated heterocycles. The molecule has 1 N–H and O–H groups in total. The third-order valence-corrected chi connectivity index (χ3v) is 4.40. The van der Waals surface area contributed by atoms with E-state index in [0.29, 0.717) is 11.7 Å².